The molecule has 3 heterocycles. The smallest absolute Gasteiger partial charge is 0.329 e. The van der Waals surface area contributed by atoms with Gasteiger partial charge in [0.15, 0.2) is 5.17 Å². The van der Waals surface area contributed by atoms with Crippen molar-refractivity contribution in [2.24, 2.45) is 4.99 Å². The maximum atomic E-state index is 13.9. The first-order chi connectivity index (χ1) is 21.9. The molecule has 228 valence electrons. The number of thioether (sulfide) groups is 1. The van der Waals surface area contributed by atoms with Crippen molar-refractivity contribution in [3.8, 4) is 0 Å². The Morgan fingerprint density at radius 1 is 1.00 bits per heavy atom. The second-order valence-electron chi connectivity index (χ2n) is 10.6. The van der Waals surface area contributed by atoms with Crippen LogP contribution in [0.5, 0.6) is 0 Å². The lowest BCUT2D eigenvalue weighted by Gasteiger charge is -2.23. The van der Waals surface area contributed by atoms with Gasteiger partial charge in [0, 0.05) is 18.4 Å². The number of amidine groups is 1. The Hall–Kier alpha value is -5.03. The monoisotopic (exact) mass is 623 g/mol. The zero-order valence-corrected chi connectivity index (χ0v) is 25.0. The summed E-state index contributed by atoms with van der Waals surface area (Å²) in [6, 6.07) is 26.8. The molecule has 0 saturated carbocycles. The van der Waals surface area contributed by atoms with Crippen LogP contribution in [0.2, 0.25) is 0 Å². The van der Waals surface area contributed by atoms with Gasteiger partial charge in [-0.25, -0.2) is 19.0 Å². The van der Waals surface area contributed by atoms with Crippen molar-refractivity contribution in [3.63, 3.8) is 0 Å². The van der Waals surface area contributed by atoms with E-state index in [0.29, 0.717) is 41.6 Å². The number of hydrogen-bond donors (Lipinski definition) is 1. The zero-order chi connectivity index (χ0) is 31.2. The molecule has 2 saturated heterocycles. The number of nitrogens with one attached hydrogen (secondary N) is 1. The van der Waals surface area contributed by atoms with E-state index in [-0.39, 0.29) is 25.1 Å². The Morgan fingerprint density at radius 2 is 1.80 bits per heavy atom. The largest absolute Gasteiger partial charge is 0.459 e. The molecule has 1 aromatic heterocycles. The fourth-order valence-corrected chi connectivity index (χ4v) is 6.40. The van der Waals surface area contributed by atoms with Gasteiger partial charge in [-0.3, -0.25) is 14.7 Å². The van der Waals surface area contributed by atoms with E-state index >= 15 is 0 Å². The van der Waals surface area contributed by atoms with Gasteiger partial charge in [-0.2, -0.15) is 0 Å². The number of likely N-dealkylation sites (tertiary alicyclic amines) is 1. The number of carbonyl (C=O) groups excluding carboxylic acids is 3. The van der Waals surface area contributed by atoms with Crippen molar-refractivity contribution in [2.45, 2.75) is 37.3 Å². The van der Waals surface area contributed by atoms with Gasteiger partial charge in [0.05, 0.1) is 17.9 Å². The number of ether oxygens (including phenoxy) is 1. The lowest BCUT2D eigenvalue weighted by Crippen LogP contribution is -2.43. The van der Waals surface area contributed by atoms with Crippen LogP contribution in [0.25, 0.3) is 0 Å². The number of pyridine rings is 1. The highest BCUT2D eigenvalue weighted by Gasteiger charge is 2.39. The lowest BCUT2D eigenvalue weighted by molar-refractivity contribution is -0.149. The van der Waals surface area contributed by atoms with Gasteiger partial charge in [0.2, 0.25) is 5.91 Å². The fraction of sp³-hybridized carbons (Fsp3) is 0.206. The molecule has 1 N–H and O–H groups in total. The average molecular weight is 624 g/mol. The molecule has 0 spiro atoms. The molecule has 6 rings (SSSR count). The maximum Gasteiger partial charge on any atom is 0.329 e. The van der Waals surface area contributed by atoms with Crippen LogP contribution in [0, 0.1) is 5.82 Å². The van der Waals surface area contributed by atoms with E-state index in [9.17, 15) is 18.8 Å². The molecular formula is C34H30FN5O4S. The molecule has 2 aliphatic heterocycles. The first-order valence-corrected chi connectivity index (χ1v) is 15.4. The minimum absolute atomic E-state index is 0.152. The molecule has 45 heavy (non-hydrogen) atoms. The zero-order valence-electron chi connectivity index (χ0n) is 24.2. The topological polar surface area (TPSA) is 104 Å². The number of amides is 3. The van der Waals surface area contributed by atoms with Crippen molar-refractivity contribution in [3.05, 3.63) is 126 Å². The first-order valence-electron chi connectivity index (χ1n) is 14.5. The highest BCUT2D eigenvalue weighted by molar-refractivity contribution is 8.15. The van der Waals surface area contributed by atoms with Crippen LogP contribution in [0.3, 0.4) is 0 Å². The van der Waals surface area contributed by atoms with E-state index < -0.39 is 23.1 Å². The summed E-state index contributed by atoms with van der Waals surface area (Å²) in [5.41, 5.74) is 3.23. The van der Waals surface area contributed by atoms with Crippen LogP contribution >= 0.6 is 11.8 Å². The normalized spacial score (nSPS) is 18.8. The number of halogens is 1. The predicted molar refractivity (Wildman–Crippen MR) is 170 cm³/mol. The van der Waals surface area contributed by atoms with Gasteiger partial charge in [0.1, 0.15) is 23.7 Å². The summed E-state index contributed by atoms with van der Waals surface area (Å²) >= 11 is 1.28. The van der Waals surface area contributed by atoms with Crippen LogP contribution in [0.1, 0.15) is 34.9 Å². The SMILES string of the molecule is O=C(OCc1ccccc1)[C@@H]1CCCN1C(=O)Nc1ccc(C2SC(=Nc3cccc(F)c3)N(Cc3ccccn3)C2=O)cc1. The molecule has 3 amide bonds. The van der Waals surface area contributed by atoms with E-state index in [1.54, 1.807) is 53.6 Å². The van der Waals surface area contributed by atoms with Crippen LogP contribution in [0.4, 0.5) is 20.6 Å². The number of benzene rings is 3. The molecule has 0 radical (unpaired) electrons. The third-order valence-corrected chi connectivity index (χ3v) is 8.73. The van der Waals surface area contributed by atoms with E-state index in [4.69, 9.17) is 4.74 Å². The molecule has 2 fully saturated rings. The third-order valence-electron chi connectivity index (χ3n) is 7.50. The standard InChI is InChI=1S/C34H30FN5O4S/c35-25-10-6-12-27(20-25)38-34-40(21-28-11-4-5-18-36-28)31(41)30(45-34)24-14-16-26(17-15-24)37-33(43)39-19-7-13-29(39)32(42)44-22-23-8-2-1-3-9-23/h1-6,8-12,14-18,20,29-30H,7,13,19,21-22H2,(H,37,43)/t29-,30?/m0/s1. The summed E-state index contributed by atoms with van der Waals surface area (Å²) in [7, 11) is 0. The van der Waals surface area contributed by atoms with Crippen molar-refractivity contribution in [2.75, 3.05) is 11.9 Å². The Balaban J connectivity index is 1.13. The summed E-state index contributed by atoms with van der Waals surface area (Å²) in [4.78, 5) is 51.6. The Bertz CT molecular complexity index is 1700. The number of aliphatic imine (C=N–C) groups is 1. The number of hydrogen-bond acceptors (Lipinski definition) is 7. The quantitative estimate of drug-likeness (QED) is 0.226. The molecule has 11 heteroatoms. The molecule has 2 aliphatic rings. The molecule has 2 atom stereocenters. The van der Waals surface area contributed by atoms with Crippen molar-refractivity contribution in [1.29, 1.82) is 0 Å². The first kappa shape index (κ1) is 30.0. The number of anilines is 1. The number of carbonyl (C=O) groups is 3. The lowest BCUT2D eigenvalue weighted by atomic mass is 10.1. The number of rotatable bonds is 8. The summed E-state index contributed by atoms with van der Waals surface area (Å²) in [6.45, 7) is 0.816. The number of aromatic nitrogens is 1. The Morgan fingerprint density at radius 3 is 2.56 bits per heavy atom. The second-order valence-corrected chi connectivity index (χ2v) is 11.7. The highest BCUT2D eigenvalue weighted by atomic mass is 32.2. The van der Waals surface area contributed by atoms with E-state index in [2.05, 4.69) is 15.3 Å². The fourth-order valence-electron chi connectivity index (χ4n) is 5.22. The van der Waals surface area contributed by atoms with Crippen molar-refractivity contribution >= 4 is 46.2 Å². The minimum Gasteiger partial charge on any atom is -0.459 e. The van der Waals surface area contributed by atoms with Crippen LogP contribution < -0.4 is 5.32 Å². The molecule has 9 nitrogen and oxygen atoms in total. The van der Waals surface area contributed by atoms with Gasteiger partial charge in [0.25, 0.3) is 0 Å². The highest BCUT2D eigenvalue weighted by Crippen LogP contribution is 2.41. The Kier molecular flexibility index (Phi) is 9.16. The molecule has 0 aliphatic carbocycles. The van der Waals surface area contributed by atoms with Crippen LogP contribution in [0.15, 0.2) is 108 Å². The number of esters is 1. The number of nitrogens with zero attached hydrogens (tertiary/aromatic N) is 4. The van der Waals surface area contributed by atoms with E-state index in [0.717, 1.165) is 11.1 Å². The molecule has 1 unspecified atom stereocenters. The molecular weight excluding hydrogens is 593 g/mol. The second kappa shape index (κ2) is 13.7. The Labute approximate surface area is 264 Å². The van der Waals surface area contributed by atoms with Crippen molar-refractivity contribution in [1.82, 2.24) is 14.8 Å². The summed E-state index contributed by atoms with van der Waals surface area (Å²) in [6.07, 6.45) is 2.90. The molecule has 3 aromatic carbocycles. The van der Waals surface area contributed by atoms with Crippen LogP contribution in [-0.2, 0) is 27.5 Å². The van der Waals surface area contributed by atoms with Gasteiger partial charge < -0.3 is 15.0 Å². The predicted octanol–water partition coefficient (Wildman–Crippen LogP) is 6.46. The van der Waals surface area contributed by atoms with Crippen LogP contribution in [-0.4, -0.2) is 50.4 Å². The maximum absolute atomic E-state index is 13.9. The molecule has 0 bridgehead atoms. The summed E-state index contributed by atoms with van der Waals surface area (Å²) in [5.74, 6) is -1.02. The third kappa shape index (κ3) is 7.21. The van der Waals surface area contributed by atoms with E-state index in [1.807, 2.05) is 42.5 Å². The van der Waals surface area contributed by atoms with Gasteiger partial charge >= 0.3 is 12.0 Å². The van der Waals surface area contributed by atoms with Gasteiger partial charge in [-0.15, -0.1) is 0 Å². The molecule has 4 aromatic rings. The van der Waals surface area contributed by atoms with Crippen molar-refractivity contribution < 1.29 is 23.5 Å². The summed E-state index contributed by atoms with van der Waals surface area (Å²) < 4.78 is 19.4. The summed E-state index contributed by atoms with van der Waals surface area (Å²) in [5, 5.41) is 2.72. The van der Waals surface area contributed by atoms with E-state index in [1.165, 1.54) is 28.8 Å². The average Bonchev–Trinajstić information content (AvgIpc) is 3.67. The minimum atomic E-state index is -0.651. The number of urea groups is 1. The van der Waals surface area contributed by atoms with Gasteiger partial charge in [-0.05, 0) is 66.4 Å². The van der Waals surface area contributed by atoms with Gasteiger partial charge in [-0.1, -0.05) is 66.4 Å².